The second-order valence-electron chi connectivity index (χ2n) is 5.86. The topological polar surface area (TPSA) is 46.2 Å². The molecule has 0 saturated heterocycles. The predicted molar refractivity (Wildman–Crippen MR) is 92.8 cm³/mol. The van der Waals surface area contributed by atoms with Gasteiger partial charge in [-0.1, -0.05) is 26.7 Å². The Morgan fingerprint density at radius 2 is 1.25 bits per heavy atom. The second kappa shape index (κ2) is 22.4. The zero-order valence-corrected chi connectivity index (χ0v) is 26.8. The van der Waals surface area contributed by atoms with Crippen molar-refractivity contribution >= 4 is 0 Å². The van der Waals surface area contributed by atoms with Crippen molar-refractivity contribution in [2.75, 3.05) is 39.8 Å². The fraction of sp³-hybridized carbons (Fsp3) is 0.684. The van der Waals surface area contributed by atoms with Gasteiger partial charge >= 0.3 is 0 Å². The predicted octanol–water partition coefficient (Wildman–Crippen LogP) is 3.71. The third kappa shape index (κ3) is 13.6. The van der Waals surface area contributed by atoms with Crippen LogP contribution in [0.1, 0.15) is 44.2 Å². The minimum Gasteiger partial charge on any atom is -0.454 e. The largest absolute Gasteiger partial charge is 0.454 e. The van der Waals surface area contributed by atoms with Crippen LogP contribution in [0, 0.1) is 0 Å². The maximum absolute atomic E-state index is 5.75. The van der Waals surface area contributed by atoms with Crippen LogP contribution in [0.2, 0.25) is 0 Å². The van der Waals surface area contributed by atoms with Gasteiger partial charge in [0.05, 0.1) is 33.0 Å². The molecule has 0 bridgehead atoms. The smallest absolute Gasteiger partial charge is 0.231 e. The van der Waals surface area contributed by atoms with Crippen molar-refractivity contribution in [3.8, 4) is 11.5 Å². The third-order valence-electron chi connectivity index (χ3n) is 3.86. The van der Waals surface area contributed by atoms with Crippen LogP contribution < -0.4 is 9.47 Å². The fourth-order valence-electron chi connectivity index (χ4n) is 2.53. The van der Waals surface area contributed by atoms with Crippen LogP contribution in [-0.4, -0.2) is 39.8 Å². The SMILES string of the molecule is CCCCOCCOCCOCc1cc2c(cc1CCC)OCO2.[Zr].[Zr].[Zr].[Zr]. The average Bonchev–Trinajstić information content (AvgIpc) is 3.04. The van der Waals surface area contributed by atoms with Gasteiger partial charge in [0, 0.05) is 111 Å². The number of hydrogen-bond acceptors (Lipinski definition) is 5. The van der Waals surface area contributed by atoms with Crippen LogP contribution in [0.5, 0.6) is 11.5 Å². The summed E-state index contributed by atoms with van der Waals surface area (Å²) >= 11 is 0. The number of benzene rings is 1. The molecule has 1 aliphatic heterocycles. The molecule has 0 saturated carbocycles. The van der Waals surface area contributed by atoms with Gasteiger partial charge in [-0.25, -0.2) is 0 Å². The van der Waals surface area contributed by atoms with E-state index in [0.29, 0.717) is 39.8 Å². The van der Waals surface area contributed by atoms with Crippen LogP contribution >= 0.6 is 0 Å². The van der Waals surface area contributed by atoms with E-state index >= 15 is 0 Å². The van der Waals surface area contributed by atoms with Crippen molar-refractivity contribution in [3.05, 3.63) is 23.3 Å². The van der Waals surface area contributed by atoms with Crippen LogP contribution in [0.25, 0.3) is 0 Å². The molecule has 1 aromatic carbocycles. The summed E-state index contributed by atoms with van der Waals surface area (Å²) in [5.74, 6) is 1.66. The summed E-state index contributed by atoms with van der Waals surface area (Å²) in [5, 5.41) is 0. The molecule has 9 heteroatoms. The molecule has 152 valence electrons. The summed E-state index contributed by atoms with van der Waals surface area (Å²) in [6.07, 6.45) is 4.38. The number of aryl methyl sites for hydroxylation is 1. The van der Waals surface area contributed by atoms with Crippen LogP contribution in [0.3, 0.4) is 0 Å². The van der Waals surface area contributed by atoms with E-state index in [1.54, 1.807) is 0 Å². The van der Waals surface area contributed by atoms with E-state index in [1.807, 2.05) is 6.07 Å². The summed E-state index contributed by atoms with van der Waals surface area (Å²) in [6.45, 7) is 8.47. The molecule has 0 unspecified atom stereocenters. The Bertz CT molecular complexity index is 492. The average molecular weight is 703 g/mol. The molecule has 0 atom stereocenters. The first-order valence-corrected chi connectivity index (χ1v) is 8.99. The van der Waals surface area contributed by atoms with Gasteiger partial charge in [-0.2, -0.15) is 0 Å². The van der Waals surface area contributed by atoms with Crippen LogP contribution in [0.4, 0.5) is 0 Å². The fourth-order valence-corrected chi connectivity index (χ4v) is 2.53. The van der Waals surface area contributed by atoms with Gasteiger partial charge in [0.15, 0.2) is 11.5 Å². The first kappa shape index (κ1) is 34.8. The molecule has 2 rings (SSSR count). The molecule has 1 heterocycles. The zero-order valence-electron chi connectivity index (χ0n) is 17.0. The zero-order chi connectivity index (χ0) is 17.0. The molecule has 0 amide bonds. The van der Waals surface area contributed by atoms with Crippen LogP contribution in [-0.2, 0) is 132 Å². The number of fused-ring (bicyclic) bond motifs is 1. The Labute approximate surface area is 246 Å². The maximum atomic E-state index is 5.75. The number of unbranched alkanes of at least 4 members (excludes halogenated alkanes) is 1. The minimum absolute atomic E-state index is 0. The van der Waals surface area contributed by atoms with E-state index in [1.165, 1.54) is 11.1 Å². The summed E-state index contributed by atoms with van der Waals surface area (Å²) in [7, 11) is 0. The molecule has 1 aromatic rings. The van der Waals surface area contributed by atoms with E-state index in [9.17, 15) is 0 Å². The van der Waals surface area contributed by atoms with E-state index in [4.69, 9.17) is 23.7 Å². The Morgan fingerprint density at radius 1 is 0.714 bits per heavy atom. The van der Waals surface area contributed by atoms with Gasteiger partial charge in [-0.3, -0.25) is 0 Å². The van der Waals surface area contributed by atoms with Gasteiger partial charge in [-0.15, -0.1) is 0 Å². The number of hydrogen-bond donors (Lipinski definition) is 0. The van der Waals surface area contributed by atoms with Gasteiger partial charge in [0.2, 0.25) is 6.79 Å². The first-order valence-electron chi connectivity index (χ1n) is 8.99. The van der Waals surface area contributed by atoms with Gasteiger partial charge in [0.25, 0.3) is 0 Å². The quantitative estimate of drug-likeness (QED) is 0.294. The molecule has 1 aliphatic rings. The Morgan fingerprint density at radius 3 is 1.82 bits per heavy atom. The minimum atomic E-state index is 0. The summed E-state index contributed by atoms with van der Waals surface area (Å²) in [5.41, 5.74) is 2.44. The Kier molecular flexibility index (Phi) is 27.9. The summed E-state index contributed by atoms with van der Waals surface area (Å²) in [4.78, 5) is 0. The molecule has 0 N–H and O–H groups in total. The standard InChI is InChI=1S/C19H30O5.4Zr/c1-3-5-7-20-8-9-21-10-11-22-14-17-13-19-18(23-15-24-19)12-16(17)6-4-2;;;;/h12-13H,3-11,14-15H2,1-2H3;;;;. The van der Waals surface area contributed by atoms with E-state index in [0.717, 1.165) is 43.8 Å². The molecule has 0 fully saturated rings. The monoisotopic (exact) mass is 698 g/mol. The van der Waals surface area contributed by atoms with Crippen molar-refractivity contribution in [1.82, 2.24) is 0 Å². The summed E-state index contributed by atoms with van der Waals surface area (Å²) in [6, 6.07) is 4.12. The molecule has 5 nitrogen and oxygen atoms in total. The molecule has 0 radical (unpaired) electrons. The van der Waals surface area contributed by atoms with E-state index < -0.39 is 0 Å². The van der Waals surface area contributed by atoms with Crippen molar-refractivity contribution in [2.24, 2.45) is 0 Å². The van der Waals surface area contributed by atoms with E-state index in [2.05, 4.69) is 19.9 Å². The van der Waals surface area contributed by atoms with Crippen LogP contribution in [0.15, 0.2) is 12.1 Å². The van der Waals surface area contributed by atoms with Gasteiger partial charge in [-0.05, 0) is 36.1 Å². The van der Waals surface area contributed by atoms with Crippen molar-refractivity contribution < 1.29 is 128 Å². The van der Waals surface area contributed by atoms with Crippen molar-refractivity contribution in [1.29, 1.82) is 0 Å². The molecule has 0 aliphatic carbocycles. The molecular formula is C19H30O5Zr4. The Hall–Kier alpha value is 2.23. The third-order valence-corrected chi connectivity index (χ3v) is 3.86. The summed E-state index contributed by atoms with van der Waals surface area (Å²) < 4.78 is 27.6. The number of ether oxygens (including phenoxy) is 5. The van der Waals surface area contributed by atoms with E-state index in [-0.39, 0.29) is 105 Å². The molecular weight excluding hydrogens is 673 g/mol. The Balaban J connectivity index is -0.00000156. The molecule has 0 spiro atoms. The first-order chi connectivity index (χ1) is 11.8. The maximum Gasteiger partial charge on any atom is 0.231 e. The van der Waals surface area contributed by atoms with Crippen molar-refractivity contribution in [3.63, 3.8) is 0 Å². The molecule has 0 aromatic heterocycles. The molecule has 28 heavy (non-hydrogen) atoms. The normalized spacial score (nSPS) is 10.9. The van der Waals surface area contributed by atoms with Crippen molar-refractivity contribution in [2.45, 2.75) is 46.1 Å². The number of rotatable bonds is 13. The second-order valence-corrected chi connectivity index (χ2v) is 5.86. The van der Waals surface area contributed by atoms with Gasteiger partial charge in [0.1, 0.15) is 0 Å². The van der Waals surface area contributed by atoms with Gasteiger partial charge < -0.3 is 23.7 Å².